The summed E-state index contributed by atoms with van der Waals surface area (Å²) in [5.41, 5.74) is 2.60. The molecule has 1 aromatic carbocycles. The molecule has 0 radical (unpaired) electrons. The highest BCUT2D eigenvalue weighted by Crippen LogP contribution is 2.30. The highest BCUT2D eigenvalue weighted by molar-refractivity contribution is 6.31. The lowest BCUT2D eigenvalue weighted by atomic mass is 10.1. The van der Waals surface area contributed by atoms with Gasteiger partial charge in [0.05, 0.1) is 18.3 Å². The van der Waals surface area contributed by atoms with E-state index in [1.807, 2.05) is 25.3 Å². The molecule has 0 unspecified atom stereocenters. The van der Waals surface area contributed by atoms with Gasteiger partial charge in [-0.05, 0) is 32.0 Å². The van der Waals surface area contributed by atoms with Crippen LogP contribution in [0.15, 0.2) is 28.8 Å². The quantitative estimate of drug-likeness (QED) is 0.671. The molecule has 0 aliphatic rings. The first kappa shape index (κ1) is 15.4. The van der Waals surface area contributed by atoms with Crippen molar-refractivity contribution < 1.29 is 9.21 Å². The Labute approximate surface area is 138 Å². The second kappa shape index (κ2) is 6.34. The number of carbonyl (C=O) groups excluding carboxylic acids is 1. The molecule has 6 nitrogen and oxygen atoms in total. The highest BCUT2D eigenvalue weighted by atomic mass is 35.5. The third-order valence-corrected chi connectivity index (χ3v) is 3.75. The fraction of sp³-hybridized carbons (Fsp3) is 0.250. The van der Waals surface area contributed by atoms with Gasteiger partial charge in [0.15, 0.2) is 0 Å². The van der Waals surface area contributed by atoms with Crippen LogP contribution in [0.25, 0.3) is 22.7 Å². The average molecular weight is 331 g/mol. The minimum Gasteiger partial charge on any atom is -0.420 e. The molecule has 0 bridgehead atoms. The van der Waals surface area contributed by atoms with Crippen LogP contribution in [0, 0.1) is 6.92 Å². The van der Waals surface area contributed by atoms with E-state index in [4.69, 9.17) is 16.0 Å². The number of rotatable bonds is 5. The van der Waals surface area contributed by atoms with Gasteiger partial charge in [-0.25, -0.2) is 4.98 Å². The molecule has 0 spiro atoms. The number of aromatic nitrogens is 4. The Balaban J connectivity index is 2.06. The summed E-state index contributed by atoms with van der Waals surface area (Å²) in [6.45, 7) is 4.84. The third kappa shape index (κ3) is 3.03. The van der Waals surface area contributed by atoms with Crippen molar-refractivity contribution in [3.8, 4) is 22.7 Å². The lowest BCUT2D eigenvalue weighted by molar-refractivity contribution is -0.107. The van der Waals surface area contributed by atoms with Crippen molar-refractivity contribution in [2.75, 3.05) is 0 Å². The predicted octanol–water partition coefficient (Wildman–Crippen LogP) is 3.32. The molecular weight excluding hydrogens is 316 g/mol. The van der Waals surface area contributed by atoms with Crippen LogP contribution in [0.1, 0.15) is 18.6 Å². The van der Waals surface area contributed by atoms with Crippen LogP contribution in [0.3, 0.4) is 0 Å². The van der Waals surface area contributed by atoms with Gasteiger partial charge in [0.2, 0.25) is 11.8 Å². The molecule has 0 fully saturated rings. The number of nitrogens with zero attached hydrogens (tertiary/aromatic N) is 4. The molecule has 0 amide bonds. The first-order valence-electron chi connectivity index (χ1n) is 7.22. The van der Waals surface area contributed by atoms with Crippen molar-refractivity contribution in [3.05, 3.63) is 41.1 Å². The summed E-state index contributed by atoms with van der Waals surface area (Å²) in [5.74, 6) is 1.56. The molecule has 0 saturated carbocycles. The molecule has 0 N–H and O–H groups in total. The summed E-state index contributed by atoms with van der Waals surface area (Å²) in [6, 6.07) is 5.55. The molecule has 3 aromatic rings. The maximum atomic E-state index is 10.5. The maximum absolute atomic E-state index is 10.5. The largest absolute Gasteiger partial charge is 0.420 e. The van der Waals surface area contributed by atoms with E-state index in [1.165, 1.54) is 0 Å². The molecular formula is C16H15ClN4O2. The van der Waals surface area contributed by atoms with E-state index in [2.05, 4.69) is 26.7 Å². The van der Waals surface area contributed by atoms with Gasteiger partial charge in [0.25, 0.3) is 0 Å². The zero-order chi connectivity index (χ0) is 16.4. The number of hydrogen-bond donors (Lipinski definition) is 0. The lowest BCUT2D eigenvalue weighted by Gasteiger charge is -2.09. The number of hydrogen-bond acceptors (Lipinski definition) is 5. The molecule has 0 aliphatic carbocycles. The van der Waals surface area contributed by atoms with Gasteiger partial charge in [0, 0.05) is 22.7 Å². The van der Waals surface area contributed by atoms with Crippen molar-refractivity contribution in [3.63, 3.8) is 0 Å². The van der Waals surface area contributed by atoms with E-state index in [9.17, 15) is 4.79 Å². The normalized spacial score (nSPS) is 10.9. The second-order valence-electron chi connectivity index (χ2n) is 5.04. The van der Waals surface area contributed by atoms with E-state index >= 15 is 0 Å². The van der Waals surface area contributed by atoms with Crippen LogP contribution in [-0.2, 0) is 17.8 Å². The van der Waals surface area contributed by atoms with Gasteiger partial charge < -0.3 is 13.8 Å². The Morgan fingerprint density at radius 2 is 2.04 bits per heavy atom. The zero-order valence-corrected chi connectivity index (χ0v) is 13.5. The molecule has 118 valence electrons. The molecule has 0 saturated heterocycles. The third-order valence-electron chi connectivity index (χ3n) is 3.54. The van der Waals surface area contributed by atoms with Crippen molar-refractivity contribution >= 4 is 17.9 Å². The summed E-state index contributed by atoms with van der Waals surface area (Å²) in [7, 11) is 0. The van der Waals surface area contributed by atoms with E-state index in [0.29, 0.717) is 16.5 Å². The van der Waals surface area contributed by atoms with Crippen molar-refractivity contribution in [2.45, 2.75) is 26.8 Å². The smallest absolute Gasteiger partial charge is 0.247 e. The number of imidazole rings is 1. The maximum Gasteiger partial charge on any atom is 0.247 e. The number of carbonyl (C=O) groups is 1. The molecule has 7 heteroatoms. The minimum atomic E-state index is 0.0994. The fourth-order valence-corrected chi connectivity index (χ4v) is 2.72. The van der Waals surface area contributed by atoms with Crippen molar-refractivity contribution in [1.82, 2.24) is 19.7 Å². The van der Waals surface area contributed by atoms with Gasteiger partial charge >= 0.3 is 0 Å². The van der Waals surface area contributed by atoms with Crippen LogP contribution < -0.4 is 0 Å². The molecule has 2 aromatic heterocycles. The minimum absolute atomic E-state index is 0.0994. The average Bonchev–Trinajstić information content (AvgIpc) is 3.13. The lowest BCUT2D eigenvalue weighted by Crippen LogP contribution is -1.99. The molecule has 3 rings (SSSR count). The Morgan fingerprint density at radius 3 is 2.78 bits per heavy atom. The number of aldehydes is 1. The van der Waals surface area contributed by atoms with E-state index in [1.54, 1.807) is 6.07 Å². The zero-order valence-electron chi connectivity index (χ0n) is 12.8. The first-order chi connectivity index (χ1) is 11.1. The van der Waals surface area contributed by atoms with Gasteiger partial charge in [-0.3, -0.25) is 0 Å². The highest BCUT2D eigenvalue weighted by Gasteiger charge is 2.13. The van der Waals surface area contributed by atoms with Crippen molar-refractivity contribution in [2.24, 2.45) is 0 Å². The van der Waals surface area contributed by atoms with Crippen LogP contribution in [0.5, 0.6) is 0 Å². The molecule has 2 heterocycles. The molecule has 0 aliphatic heterocycles. The van der Waals surface area contributed by atoms with E-state index < -0.39 is 0 Å². The second-order valence-corrected chi connectivity index (χ2v) is 5.47. The number of halogens is 1. The summed E-state index contributed by atoms with van der Waals surface area (Å²) < 4.78 is 7.58. The van der Waals surface area contributed by atoms with Crippen molar-refractivity contribution in [1.29, 1.82) is 0 Å². The van der Waals surface area contributed by atoms with Crippen LogP contribution in [0.4, 0.5) is 0 Å². The standard InChI is InChI=1S/C16H15ClN4O2/c1-3-21-10(2)18-9-14(21)11-6-12(8-13(17)7-11)16-20-19-15(23-16)4-5-22/h5-9H,3-4H2,1-2H3. The number of benzene rings is 1. The topological polar surface area (TPSA) is 73.8 Å². The monoisotopic (exact) mass is 330 g/mol. The summed E-state index contributed by atoms with van der Waals surface area (Å²) in [6.07, 6.45) is 2.64. The number of aryl methyl sites for hydroxylation is 1. The Morgan fingerprint density at radius 1 is 1.26 bits per heavy atom. The van der Waals surface area contributed by atoms with E-state index in [0.717, 1.165) is 29.9 Å². The SMILES string of the molecule is CCn1c(-c2cc(Cl)cc(-c3nnc(CC=O)o3)c2)cnc1C. The summed E-state index contributed by atoms with van der Waals surface area (Å²) in [4.78, 5) is 14.9. The first-order valence-corrected chi connectivity index (χ1v) is 7.59. The summed E-state index contributed by atoms with van der Waals surface area (Å²) in [5, 5.41) is 8.38. The van der Waals surface area contributed by atoms with Crippen LogP contribution in [0.2, 0.25) is 5.02 Å². The van der Waals surface area contributed by atoms with Gasteiger partial charge in [-0.2, -0.15) is 0 Å². The Hall–Kier alpha value is -2.47. The molecule has 0 atom stereocenters. The van der Waals surface area contributed by atoms with Gasteiger partial charge in [0.1, 0.15) is 12.1 Å². The Kier molecular flexibility index (Phi) is 4.25. The van der Waals surface area contributed by atoms with E-state index in [-0.39, 0.29) is 12.3 Å². The van der Waals surface area contributed by atoms with Crippen LogP contribution >= 0.6 is 11.6 Å². The summed E-state index contributed by atoms with van der Waals surface area (Å²) >= 11 is 6.24. The van der Waals surface area contributed by atoms with Gasteiger partial charge in [-0.15, -0.1) is 10.2 Å². The molecule has 23 heavy (non-hydrogen) atoms. The fourth-order valence-electron chi connectivity index (χ4n) is 2.48. The predicted molar refractivity (Wildman–Crippen MR) is 86.1 cm³/mol. The van der Waals surface area contributed by atoms with Crippen LogP contribution in [-0.4, -0.2) is 26.0 Å². The van der Waals surface area contributed by atoms with Gasteiger partial charge in [-0.1, -0.05) is 11.6 Å². The Bertz CT molecular complexity index is 854.